The van der Waals surface area contributed by atoms with Gasteiger partial charge in [0.1, 0.15) is 17.5 Å². The minimum atomic E-state index is -0.176. The minimum Gasteiger partial charge on any atom is -0.356 e. The van der Waals surface area contributed by atoms with Gasteiger partial charge in [-0.3, -0.25) is 4.79 Å². The number of benzene rings is 2. The molecule has 0 unspecified atom stereocenters. The number of hydrogen-bond donors (Lipinski definition) is 2. The number of carbonyl (C=O) groups excluding carboxylic acids is 1. The molecule has 0 bridgehead atoms. The summed E-state index contributed by atoms with van der Waals surface area (Å²) in [4.78, 5) is 23.8. The van der Waals surface area contributed by atoms with Crippen LogP contribution in [-0.4, -0.2) is 29.0 Å². The summed E-state index contributed by atoms with van der Waals surface area (Å²) in [6.07, 6.45) is 3.69. The van der Waals surface area contributed by atoms with Crippen molar-refractivity contribution in [3.63, 3.8) is 0 Å². The third kappa shape index (κ3) is 5.07. The molecular formula is C23H24ClN5O. The van der Waals surface area contributed by atoms with Gasteiger partial charge in [0.15, 0.2) is 0 Å². The van der Waals surface area contributed by atoms with Gasteiger partial charge in [-0.05, 0) is 74.7 Å². The zero-order valence-electron chi connectivity index (χ0n) is 16.9. The van der Waals surface area contributed by atoms with Gasteiger partial charge in [-0.25, -0.2) is 9.97 Å². The molecule has 3 aromatic rings. The Labute approximate surface area is 181 Å². The Morgan fingerprint density at radius 2 is 1.60 bits per heavy atom. The Morgan fingerprint density at radius 1 is 0.933 bits per heavy atom. The molecule has 1 aliphatic heterocycles. The number of piperidine rings is 1. The molecule has 0 saturated carbocycles. The normalized spacial score (nSPS) is 13.7. The first kappa shape index (κ1) is 20.2. The van der Waals surface area contributed by atoms with E-state index in [9.17, 15) is 4.79 Å². The van der Waals surface area contributed by atoms with Crippen molar-refractivity contribution in [2.75, 3.05) is 28.6 Å². The molecular weight excluding hydrogens is 398 g/mol. The van der Waals surface area contributed by atoms with Crippen LogP contribution in [0.15, 0.2) is 54.6 Å². The topological polar surface area (TPSA) is 70.2 Å². The summed E-state index contributed by atoms with van der Waals surface area (Å²) in [6, 6.07) is 16.3. The van der Waals surface area contributed by atoms with Gasteiger partial charge in [-0.1, -0.05) is 11.6 Å². The molecule has 30 heavy (non-hydrogen) atoms. The number of anilines is 4. The van der Waals surface area contributed by atoms with Crippen molar-refractivity contribution in [1.29, 1.82) is 0 Å². The van der Waals surface area contributed by atoms with Gasteiger partial charge in [0.05, 0.1) is 0 Å². The number of hydrogen-bond acceptors (Lipinski definition) is 5. The number of aryl methyl sites for hydroxylation is 1. The number of nitrogens with one attached hydrogen (secondary N) is 2. The van der Waals surface area contributed by atoms with E-state index in [1.807, 2.05) is 37.3 Å². The van der Waals surface area contributed by atoms with Gasteiger partial charge in [-0.15, -0.1) is 0 Å². The van der Waals surface area contributed by atoms with Gasteiger partial charge in [0, 0.05) is 41.1 Å². The molecule has 0 atom stereocenters. The van der Waals surface area contributed by atoms with E-state index in [2.05, 4.69) is 25.5 Å². The summed E-state index contributed by atoms with van der Waals surface area (Å²) in [6.45, 7) is 3.99. The molecule has 1 amide bonds. The van der Waals surface area contributed by atoms with Crippen LogP contribution in [0, 0.1) is 6.92 Å². The van der Waals surface area contributed by atoms with Crippen LogP contribution in [0.5, 0.6) is 0 Å². The Kier molecular flexibility index (Phi) is 6.14. The van der Waals surface area contributed by atoms with Crippen molar-refractivity contribution < 1.29 is 4.79 Å². The monoisotopic (exact) mass is 421 g/mol. The van der Waals surface area contributed by atoms with E-state index in [0.717, 1.165) is 36.2 Å². The molecule has 4 rings (SSSR count). The van der Waals surface area contributed by atoms with Crippen molar-refractivity contribution in [2.45, 2.75) is 26.2 Å². The molecule has 0 aliphatic carbocycles. The highest BCUT2D eigenvalue weighted by Gasteiger charge is 2.14. The zero-order chi connectivity index (χ0) is 20.9. The van der Waals surface area contributed by atoms with Crippen LogP contribution in [0.3, 0.4) is 0 Å². The predicted octanol–water partition coefficient (Wildman–Crippen LogP) is 5.42. The first-order valence-electron chi connectivity index (χ1n) is 10.1. The lowest BCUT2D eigenvalue weighted by atomic mass is 10.1. The summed E-state index contributed by atoms with van der Waals surface area (Å²) in [5, 5.41) is 6.83. The fraction of sp³-hybridized carbons (Fsp3) is 0.261. The molecule has 2 N–H and O–H groups in total. The van der Waals surface area contributed by atoms with Gasteiger partial charge >= 0.3 is 0 Å². The van der Waals surface area contributed by atoms with Crippen LogP contribution in [0.2, 0.25) is 5.02 Å². The SMILES string of the molecule is Cc1nc(Nc2ccc(NC(=O)c3ccc(Cl)cc3)cc2)cc(N2CCCCC2)n1. The molecule has 1 aliphatic rings. The highest BCUT2D eigenvalue weighted by atomic mass is 35.5. The Bertz CT molecular complexity index is 1010. The quantitative estimate of drug-likeness (QED) is 0.575. The maximum Gasteiger partial charge on any atom is 0.255 e. The molecule has 6 nitrogen and oxygen atoms in total. The largest absolute Gasteiger partial charge is 0.356 e. The lowest BCUT2D eigenvalue weighted by molar-refractivity contribution is 0.102. The molecule has 154 valence electrons. The average molecular weight is 422 g/mol. The number of carbonyl (C=O) groups is 1. The molecule has 1 aromatic heterocycles. The molecule has 2 heterocycles. The van der Waals surface area contributed by atoms with Gasteiger partial charge < -0.3 is 15.5 Å². The van der Waals surface area contributed by atoms with E-state index in [1.54, 1.807) is 24.3 Å². The number of halogens is 1. The van der Waals surface area contributed by atoms with Gasteiger partial charge in [0.25, 0.3) is 5.91 Å². The lowest BCUT2D eigenvalue weighted by Gasteiger charge is -2.28. The van der Waals surface area contributed by atoms with Crippen LogP contribution in [0.1, 0.15) is 35.4 Å². The molecule has 2 aromatic carbocycles. The first-order chi connectivity index (χ1) is 14.6. The maximum atomic E-state index is 12.3. The maximum absolute atomic E-state index is 12.3. The Balaban J connectivity index is 1.42. The lowest BCUT2D eigenvalue weighted by Crippen LogP contribution is -2.30. The average Bonchev–Trinajstić information content (AvgIpc) is 2.76. The van der Waals surface area contributed by atoms with Gasteiger partial charge in [0.2, 0.25) is 0 Å². The standard InChI is InChI=1S/C23H24ClN5O/c1-16-25-21(15-22(26-16)29-13-3-2-4-14-29)27-19-9-11-20(12-10-19)28-23(30)17-5-7-18(24)8-6-17/h5-12,15H,2-4,13-14H2,1H3,(H,28,30)(H,25,26,27). The van der Waals surface area contributed by atoms with Gasteiger partial charge in [-0.2, -0.15) is 0 Å². The van der Waals surface area contributed by atoms with Crippen molar-refractivity contribution in [3.05, 3.63) is 71.0 Å². The molecule has 1 fully saturated rings. The van der Waals surface area contributed by atoms with E-state index in [-0.39, 0.29) is 5.91 Å². The van der Waals surface area contributed by atoms with Crippen LogP contribution in [0.25, 0.3) is 0 Å². The van der Waals surface area contributed by atoms with Crippen molar-refractivity contribution in [2.24, 2.45) is 0 Å². The number of amides is 1. The van der Waals surface area contributed by atoms with E-state index in [1.165, 1.54) is 19.3 Å². The molecule has 0 radical (unpaired) electrons. The van der Waals surface area contributed by atoms with Crippen LogP contribution in [0.4, 0.5) is 23.0 Å². The van der Waals surface area contributed by atoms with E-state index < -0.39 is 0 Å². The summed E-state index contributed by atoms with van der Waals surface area (Å²) in [5.74, 6) is 2.30. The van der Waals surface area contributed by atoms with Crippen molar-refractivity contribution in [1.82, 2.24) is 9.97 Å². The second kappa shape index (κ2) is 9.13. The van der Waals surface area contributed by atoms with Crippen molar-refractivity contribution >= 4 is 40.5 Å². The minimum absolute atomic E-state index is 0.176. The second-order valence-electron chi connectivity index (χ2n) is 7.37. The molecule has 0 spiro atoms. The number of aromatic nitrogens is 2. The van der Waals surface area contributed by atoms with Crippen molar-refractivity contribution in [3.8, 4) is 0 Å². The predicted molar refractivity (Wildman–Crippen MR) is 122 cm³/mol. The van der Waals surface area contributed by atoms with E-state index in [4.69, 9.17) is 11.6 Å². The zero-order valence-corrected chi connectivity index (χ0v) is 17.6. The first-order valence-corrected chi connectivity index (χ1v) is 10.5. The second-order valence-corrected chi connectivity index (χ2v) is 7.81. The third-order valence-electron chi connectivity index (χ3n) is 5.03. The fourth-order valence-corrected chi connectivity index (χ4v) is 3.62. The third-order valence-corrected chi connectivity index (χ3v) is 5.28. The van der Waals surface area contributed by atoms with Crippen LogP contribution in [-0.2, 0) is 0 Å². The summed E-state index contributed by atoms with van der Waals surface area (Å²) < 4.78 is 0. The highest BCUT2D eigenvalue weighted by Crippen LogP contribution is 2.23. The fourth-order valence-electron chi connectivity index (χ4n) is 3.49. The summed E-state index contributed by atoms with van der Waals surface area (Å²) in [5.41, 5.74) is 2.17. The number of rotatable bonds is 5. The van der Waals surface area contributed by atoms with Crippen LogP contribution >= 0.6 is 11.6 Å². The summed E-state index contributed by atoms with van der Waals surface area (Å²) >= 11 is 5.87. The van der Waals surface area contributed by atoms with Crippen LogP contribution < -0.4 is 15.5 Å². The molecule has 1 saturated heterocycles. The van der Waals surface area contributed by atoms with E-state index >= 15 is 0 Å². The highest BCUT2D eigenvalue weighted by molar-refractivity contribution is 6.30. The Hall–Kier alpha value is -3.12. The summed E-state index contributed by atoms with van der Waals surface area (Å²) in [7, 11) is 0. The Morgan fingerprint density at radius 3 is 2.30 bits per heavy atom. The molecule has 7 heteroatoms. The number of nitrogens with zero attached hydrogens (tertiary/aromatic N) is 3. The van der Waals surface area contributed by atoms with E-state index in [0.29, 0.717) is 16.3 Å². The smallest absolute Gasteiger partial charge is 0.255 e.